The van der Waals surface area contributed by atoms with Crippen molar-refractivity contribution in [2.75, 3.05) is 6.54 Å². The van der Waals surface area contributed by atoms with Gasteiger partial charge in [-0.3, -0.25) is 9.79 Å². The van der Waals surface area contributed by atoms with Crippen LogP contribution in [0.25, 0.3) is 0 Å². The summed E-state index contributed by atoms with van der Waals surface area (Å²) in [6.45, 7) is 0.420. The van der Waals surface area contributed by atoms with Crippen molar-refractivity contribution in [3.63, 3.8) is 0 Å². The summed E-state index contributed by atoms with van der Waals surface area (Å²) in [4.78, 5) is 13.9. The zero-order valence-electron chi connectivity index (χ0n) is 8.20. The molecule has 1 atom stereocenters. The molecule has 0 heterocycles. The molecule has 0 aromatic carbocycles. The van der Waals surface area contributed by atoms with E-state index >= 15 is 0 Å². The molecule has 7 N–H and O–H groups in total. The molecule has 6 nitrogen and oxygen atoms in total. The third-order valence-electron chi connectivity index (χ3n) is 1.28. The molecule has 0 aromatic heterocycles. The fourth-order valence-electron chi connectivity index (χ4n) is 0.643. The van der Waals surface area contributed by atoms with Gasteiger partial charge >= 0.3 is 29.0 Å². The third-order valence-corrected chi connectivity index (χ3v) is 1.28. The average Bonchev–Trinajstić information content (AvgIpc) is 1.97. The molecule has 0 saturated heterocycles. The van der Waals surface area contributed by atoms with E-state index < -0.39 is 12.0 Å². The van der Waals surface area contributed by atoms with Crippen molar-refractivity contribution in [3.05, 3.63) is 0 Å². The SMILES string of the molecule is NC(N)=NCCC[C@H](N)C(=O)O.[Cl-].[Cl-].[Mg+2]. The molecule has 15 heavy (non-hydrogen) atoms. The third kappa shape index (κ3) is 16.7. The summed E-state index contributed by atoms with van der Waals surface area (Å²) in [6.07, 6.45) is 0.956. The molecule has 0 aliphatic carbocycles. The van der Waals surface area contributed by atoms with Crippen LogP contribution in [0, 0.1) is 0 Å². The van der Waals surface area contributed by atoms with Gasteiger partial charge in [-0.25, -0.2) is 0 Å². The molecule has 0 amide bonds. The molecular formula is C6H14Cl2MgN4O2. The van der Waals surface area contributed by atoms with E-state index in [0.717, 1.165) is 0 Å². The largest absolute Gasteiger partial charge is 2.00 e. The summed E-state index contributed by atoms with van der Waals surface area (Å²) >= 11 is 0. The Morgan fingerprint density at radius 1 is 1.33 bits per heavy atom. The minimum Gasteiger partial charge on any atom is -1.00 e. The molecule has 0 aromatic rings. The minimum atomic E-state index is -1.00. The van der Waals surface area contributed by atoms with Crippen LogP contribution >= 0.6 is 0 Å². The standard InChI is InChI=1S/C6H14N4O2.2ClH.Mg/c7-4(5(11)12)2-1-3-10-6(8)9;;;/h4H,1-3,7H2,(H,11,12)(H4,8,9,10);2*1H;/q;;;+2/p-2/t4-;;;/m0.../s1. The van der Waals surface area contributed by atoms with Gasteiger partial charge in [0.25, 0.3) is 0 Å². The van der Waals surface area contributed by atoms with E-state index in [0.29, 0.717) is 19.4 Å². The van der Waals surface area contributed by atoms with Crippen LogP contribution in [-0.4, -0.2) is 52.7 Å². The first-order valence-electron chi connectivity index (χ1n) is 3.58. The number of carboxylic acid groups (broad SMARTS) is 1. The number of nitrogens with zero attached hydrogens (tertiary/aromatic N) is 1. The van der Waals surface area contributed by atoms with Crippen LogP contribution in [0.15, 0.2) is 4.99 Å². The van der Waals surface area contributed by atoms with Crippen LogP contribution in [-0.2, 0) is 4.79 Å². The van der Waals surface area contributed by atoms with E-state index in [2.05, 4.69) is 4.99 Å². The van der Waals surface area contributed by atoms with E-state index in [1.807, 2.05) is 0 Å². The van der Waals surface area contributed by atoms with Gasteiger partial charge in [0.05, 0.1) is 0 Å². The zero-order valence-corrected chi connectivity index (χ0v) is 11.1. The second-order valence-corrected chi connectivity index (χ2v) is 2.39. The Balaban J connectivity index is -0.000000202. The smallest absolute Gasteiger partial charge is 1.00 e. The number of aliphatic carboxylic acids is 1. The first-order chi connectivity index (χ1) is 5.54. The number of aliphatic imine (C=N–C) groups is 1. The van der Waals surface area contributed by atoms with Gasteiger partial charge in [-0.2, -0.15) is 0 Å². The van der Waals surface area contributed by atoms with Gasteiger partial charge in [-0.15, -0.1) is 0 Å². The van der Waals surface area contributed by atoms with Crippen LogP contribution in [0.5, 0.6) is 0 Å². The predicted molar refractivity (Wildman–Crippen MR) is 51.3 cm³/mol. The summed E-state index contributed by atoms with van der Waals surface area (Å²) in [7, 11) is 0. The van der Waals surface area contributed by atoms with Crippen molar-refractivity contribution in [1.82, 2.24) is 0 Å². The molecule has 0 unspecified atom stereocenters. The number of carboxylic acids is 1. The predicted octanol–water partition coefficient (Wildman–Crippen LogP) is -7.92. The van der Waals surface area contributed by atoms with Crippen molar-refractivity contribution in [2.45, 2.75) is 18.9 Å². The van der Waals surface area contributed by atoms with Crippen molar-refractivity contribution in [2.24, 2.45) is 22.2 Å². The Kier molecular flexibility index (Phi) is 22.8. The average molecular weight is 269 g/mol. The molecule has 0 bridgehead atoms. The van der Waals surface area contributed by atoms with Crippen LogP contribution in [0.3, 0.4) is 0 Å². The topological polar surface area (TPSA) is 128 Å². The molecular weight excluding hydrogens is 255 g/mol. The maximum atomic E-state index is 10.2. The van der Waals surface area contributed by atoms with Gasteiger partial charge in [-0.1, -0.05) is 0 Å². The summed E-state index contributed by atoms with van der Waals surface area (Å²) < 4.78 is 0. The number of guanidine groups is 1. The van der Waals surface area contributed by atoms with E-state index in [4.69, 9.17) is 22.3 Å². The zero-order chi connectivity index (χ0) is 9.56. The molecule has 0 aliphatic rings. The second kappa shape index (κ2) is 14.0. The van der Waals surface area contributed by atoms with Gasteiger partial charge in [0.2, 0.25) is 0 Å². The maximum Gasteiger partial charge on any atom is 2.00 e. The summed E-state index contributed by atoms with van der Waals surface area (Å²) in [6, 6.07) is -0.820. The normalized spacial score (nSPS) is 9.67. The van der Waals surface area contributed by atoms with Crippen LogP contribution in [0.4, 0.5) is 0 Å². The fraction of sp³-hybridized carbons (Fsp3) is 0.667. The van der Waals surface area contributed by atoms with Crippen molar-refractivity contribution in [3.8, 4) is 0 Å². The quantitative estimate of drug-likeness (QED) is 0.171. The summed E-state index contributed by atoms with van der Waals surface area (Å²) in [5.74, 6) is -0.987. The van der Waals surface area contributed by atoms with Crippen molar-refractivity contribution in [1.29, 1.82) is 0 Å². The fourth-order valence-corrected chi connectivity index (χ4v) is 0.643. The van der Waals surface area contributed by atoms with E-state index in [1.165, 1.54) is 0 Å². The van der Waals surface area contributed by atoms with Gasteiger partial charge in [0.15, 0.2) is 5.96 Å². The number of hydrogen-bond acceptors (Lipinski definition) is 3. The van der Waals surface area contributed by atoms with Gasteiger partial charge in [0, 0.05) is 6.54 Å². The number of carbonyl (C=O) groups is 1. The van der Waals surface area contributed by atoms with Gasteiger partial charge in [0.1, 0.15) is 6.04 Å². The molecule has 0 aliphatic heterocycles. The summed E-state index contributed by atoms with van der Waals surface area (Å²) in [5, 5.41) is 8.38. The minimum absolute atomic E-state index is 0. The first kappa shape index (κ1) is 24.3. The Labute approximate surface area is 117 Å². The molecule has 0 saturated carbocycles. The first-order valence-corrected chi connectivity index (χ1v) is 3.58. The molecule has 86 valence electrons. The Morgan fingerprint density at radius 3 is 2.13 bits per heavy atom. The molecule has 0 rings (SSSR count). The van der Waals surface area contributed by atoms with Crippen LogP contribution < -0.4 is 42.0 Å². The number of halogens is 2. The summed E-state index contributed by atoms with van der Waals surface area (Å²) in [5.41, 5.74) is 15.3. The second-order valence-electron chi connectivity index (χ2n) is 2.39. The number of hydrogen-bond donors (Lipinski definition) is 4. The van der Waals surface area contributed by atoms with Gasteiger partial charge < -0.3 is 47.1 Å². The van der Waals surface area contributed by atoms with Crippen LogP contribution in [0.1, 0.15) is 12.8 Å². The van der Waals surface area contributed by atoms with E-state index in [-0.39, 0.29) is 53.8 Å². The molecule has 9 heteroatoms. The molecule has 0 radical (unpaired) electrons. The van der Waals surface area contributed by atoms with Gasteiger partial charge in [-0.05, 0) is 12.8 Å². The monoisotopic (exact) mass is 268 g/mol. The van der Waals surface area contributed by atoms with Crippen LogP contribution in [0.2, 0.25) is 0 Å². The Hall–Kier alpha value is 0.0462. The Morgan fingerprint density at radius 2 is 1.80 bits per heavy atom. The number of rotatable bonds is 5. The van der Waals surface area contributed by atoms with E-state index in [1.54, 1.807) is 0 Å². The Bertz CT molecular complexity index is 190. The van der Waals surface area contributed by atoms with Crippen molar-refractivity contribution >= 4 is 35.0 Å². The number of nitrogens with two attached hydrogens (primary N) is 3. The maximum absolute atomic E-state index is 10.2. The molecule has 0 fully saturated rings. The van der Waals surface area contributed by atoms with E-state index in [9.17, 15) is 4.79 Å². The molecule has 0 spiro atoms. The van der Waals surface area contributed by atoms with Crippen molar-refractivity contribution < 1.29 is 34.7 Å².